The zero-order chi connectivity index (χ0) is 35.0. The van der Waals surface area contributed by atoms with E-state index in [1.165, 1.54) is 19.2 Å². The number of aryl methyl sites for hydroxylation is 1. The molecule has 0 bridgehead atoms. The number of aromatic nitrogens is 6. The van der Waals surface area contributed by atoms with E-state index in [9.17, 15) is 9.59 Å². The van der Waals surface area contributed by atoms with Crippen LogP contribution < -0.4 is 19.7 Å². The van der Waals surface area contributed by atoms with Crippen LogP contribution in [0.3, 0.4) is 0 Å². The fourth-order valence-corrected chi connectivity index (χ4v) is 5.96. The molecule has 0 unspecified atom stereocenters. The van der Waals surface area contributed by atoms with Gasteiger partial charge < -0.3 is 24.4 Å². The molecule has 2 aromatic carbocycles. The van der Waals surface area contributed by atoms with Crippen LogP contribution in [0.1, 0.15) is 50.7 Å². The van der Waals surface area contributed by atoms with Crippen molar-refractivity contribution in [3.63, 3.8) is 0 Å². The Morgan fingerprint density at radius 2 is 1.80 bits per heavy atom. The van der Waals surface area contributed by atoms with Gasteiger partial charge in [-0.2, -0.15) is 15.3 Å². The van der Waals surface area contributed by atoms with Crippen LogP contribution in [0.4, 0.5) is 16.2 Å². The molecule has 1 aliphatic rings. The topological polar surface area (TPSA) is 174 Å². The zero-order valence-electron chi connectivity index (χ0n) is 28.3. The number of carbonyl (C=O) groups excluding carboxylic acids is 2. The van der Waals surface area contributed by atoms with E-state index in [4.69, 9.17) is 19.5 Å². The number of anilines is 2. The molecule has 2 amide bonds. The van der Waals surface area contributed by atoms with Crippen molar-refractivity contribution >= 4 is 45.2 Å². The van der Waals surface area contributed by atoms with Crippen LogP contribution in [0.2, 0.25) is 0 Å². The molecule has 0 aliphatic carbocycles. The molecule has 49 heavy (non-hydrogen) atoms. The third kappa shape index (κ3) is 6.84. The van der Waals surface area contributed by atoms with Crippen molar-refractivity contribution in [2.45, 2.75) is 52.3 Å². The number of hydrogen-bond donors (Lipinski definition) is 1. The fraction of sp³-hybridized carbons (Fsp3) is 0.353. The molecule has 252 valence electrons. The van der Waals surface area contributed by atoms with Crippen LogP contribution in [0.5, 0.6) is 17.6 Å². The van der Waals surface area contributed by atoms with E-state index >= 15 is 0 Å². The Hall–Kier alpha value is -6.04. The molecule has 15 heteroatoms. The minimum absolute atomic E-state index is 0.117. The monoisotopic (exact) mass is 664 g/mol. The number of rotatable bonds is 6. The number of nitrogens with zero attached hydrogens (tertiary/aromatic N) is 9. The molecule has 2 atom stereocenters. The van der Waals surface area contributed by atoms with E-state index in [0.717, 1.165) is 11.1 Å². The minimum atomic E-state index is -0.603. The number of nitrogens with one attached hydrogen (secondary N) is 1. The SMILES string of the molecule is COc1ncc2c(N3C[C@@H](C)N(C(=O)OC(C)(C)C)[C@@H](C)C3)ccc(C(=O)Nc3cc(Oc4ccc(C#N)nn4)c4nn(C)cc4c3)c2n1. The summed E-state index contributed by atoms with van der Waals surface area (Å²) in [5, 5.41) is 25.7. The first-order valence-electron chi connectivity index (χ1n) is 15.6. The lowest BCUT2D eigenvalue weighted by Gasteiger charge is -2.45. The van der Waals surface area contributed by atoms with Gasteiger partial charge in [0.25, 0.3) is 5.91 Å². The number of nitriles is 1. The van der Waals surface area contributed by atoms with Crippen LogP contribution in [0, 0.1) is 11.3 Å². The molecule has 0 spiro atoms. The summed E-state index contributed by atoms with van der Waals surface area (Å²) < 4.78 is 18.6. The Bertz CT molecular complexity index is 2090. The summed E-state index contributed by atoms with van der Waals surface area (Å²) >= 11 is 0. The number of ether oxygens (including phenoxy) is 3. The Morgan fingerprint density at radius 3 is 2.45 bits per heavy atom. The maximum absolute atomic E-state index is 13.9. The molecule has 1 N–H and O–H groups in total. The summed E-state index contributed by atoms with van der Waals surface area (Å²) in [4.78, 5) is 39.8. The van der Waals surface area contributed by atoms with Crippen LogP contribution in [0.15, 0.2) is 48.8 Å². The summed E-state index contributed by atoms with van der Waals surface area (Å²) in [6.45, 7) is 10.6. The molecule has 15 nitrogen and oxygen atoms in total. The molecule has 1 saturated heterocycles. The summed E-state index contributed by atoms with van der Waals surface area (Å²) in [6.07, 6.45) is 3.10. The fourth-order valence-electron chi connectivity index (χ4n) is 5.96. The number of carbonyl (C=O) groups is 2. The van der Waals surface area contributed by atoms with Gasteiger partial charge in [0.1, 0.15) is 17.2 Å². The average Bonchev–Trinajstić information content (AvgIpc) is 3.43. The van der Waals surface area contributed by atoms with Gasteiger partial charge in [0.15, 0.2) is 11.4 Å². The Balaban J connectivity index is 1.31. The summed E-state index contributed by atoms with van der Waals surface area (Å²) in [7, 11) is 3.25. The minimum Gasteiger partial charge on any atom is -0.467 e. The second-order valence-electron chi connectivity index (χ2n) is 12.9. The second kappa shape index (κ2) is 12.9. The van der Waals surface area contributed by atoms with Gasteiger partial charge in [0.05, 0.1) is 30.3 Å². The zero-order valence-corrected chi connectivity index (χ0v) is 28.3. The van der Waals surface area contributed by atoms with E-state index in [1.807, 2.05) is 46.8 Å². The van der Waals surface area contributed by atoms with E-state index in [1.54, 1.807) is 47.2 Å². The predicted octanol–water partition coefficient (Wildman–Crippen LogP) is 5.07. The Morgan fingerprint density at radius 1 is 1.04 bits per heavy atom. The van der Waals surface area contributed by atoms with Crippen molar-refractivity contribution in [3.8, 4) is 23.7 Å². The molecular formula is C34H36N10O5. The first-order valence-corrected chi connectivity index (χ1v) is 15.6. The molecule has 1 fully saturated rings. The number of piperazine rings is 1. The average molecular weight is 665 g/mol. The lowest BCUT2D eigenvalue weighted by molar-refractivity contribution is 0.00566. The van der Waals surface area contributed by atoms with Crippen molar-refractivity contribution in [3.05, 3.63) is 60.0 Å². The number of hydrogen-bond acceptors (Lipinski definition) is 12. The van der Waals surface area contributed by atoms with Crippen LogP contribution in [0.25, 0.3) is 21.8 Å². The van der Waals surface area contributed by atoms with Crippen LogP contribution >= 0.6 is 0 Å². The third-order valence-electron chi connectivity index (χ3n) is 7.91. The quantitative estimate of drug-likeness (QED) is 0.256. The van der Waals surface area contributed by atoms with E-state index in [2.05, 4.69) is 35.5 Å². The molecule has 1 aliphatic heterocycles. The number of fused-ring (bicyclic) bond motifs is 2. The molecule has 4 heterocycles. The van der Waals surface area contributed by atoms with Gasteiger partial charge in [0, 0.05) is 66.8 Å². The largest absolute Gasteiger partial charge is 0.467 e. The van der Waals surface area contributed by atoms with Gasteiger partial charge in [-0.15, -0.1) is 10.2 Å². The second-order valence-corrected chi connectivity index (χ2v) is 12.9. The van der Waals surface area contributed by atoms with Crippen LogP contribution in [-0.2, 0) is 11.8 Å². The van der Waals surface area contributed by atoms with Crippen molar-refractivity contribution in [2.75, 3.05) is 30.4 Å². The maximum Gasteiger partial charge on any atom is 0.410 e. The molecule has 0 radical (unpaired) electrons. The standard InChI is InChI=1S/C34H36N10O5/c1-19-16-43(17-20(2)44(19)33(46)49-34(3,4)5)26-10-9-24(30-25(26)15-36-32(38-30)47-7)31(45)37-23-12-21-18-42(6)41-29(21)27(13-23)48-28-11-8-22(14-35)39-40-28/h8-13,15,18-20H,16-17H2,1-7H3,(H,37,45)/t19-,20+. The third-order valence-corrected chi connectivity index (χ3v) is 7.91. The first kappa shape index (κ1) is 32.9. The Labute approximate surface area is 282 Å². The van der Waals surface area contributed by atoms with Crippen LogP contribution in [-0.4, -0.2) is 84.7 Å². The highest BCUT2D eigenvalue weighted by Gasteiger charge is 2.36. The van der Waals surface area contributed by atoms with Gasteiger partial charge in [-0.25, -0.2) is 9.78 Å². The lowest BCUT2D eigenvalue weighted by Crippen LogP contribution is -2.59. The van der Waals surface area contributed by atoms with Gasteiger partial charge in [0.2, 0.25) is 5.88 Å². The maximum atomic E-state index is 13.9. The molecule has 3 aromatic heterocycles. The van der Waals surface area contributed by atoms with Gasteiger partial charge in [-0.05, 0) is 58.9 Å². The van der Waals surface area contributed by atoms with Crippen molar-refractivity contribution in [1.82, 2.24) is 34.8 Å². The first-order chi connectivity index (χ1) is 23.3. The molecular weight excluding hydrogens is 628 g/mol. The Kier molecular flexibility index (Phi) is 8.64. The van der Waals surface area contributed by atoms with Crippen molar-refractivity contribution in [2.24, 2.45) is 7.05 Å². The highest BCUT2D eigenvalue weighted by Crippen LogP contribution is 2.35. The predicted molar refractivity (Wildman–Crippen MR) is 181 cm³/mol. The molecule has 0 saturated carbocycles. The van der Waals surface area contributed by atoms with Crippen molar-refractivity contribution in [1.29, 1.82) is 5.26 Å². The highest BCUT2D eigenvalue weighted by atomic mass is 16.6. The number of benzene rings is 2. The summed E-state index contributed by atoms with van der Waals surface area (Å²) in [5.74, 6) is 0.0851. The highest BCUT2D eigenvalue weighted by molar-refractivity contribution is 6.14. The van der Waals surface area contributed by atoms with E-state index < -0.39 is 11.5 Å². The van der Waals surface area contributed by atoms with Gasteiger partial charge in [-0.3, -0.25) is 14.4 Å². The number of amides is 2. The van der Waals surface area contributed by atoms with Gasteiger partial charge in [-0.1, -0.05) is 0 Å². The van der Waals surface area contributed by atoms with E-state index in [0.29, 0.717) is 46.5 Å². The van der Waals surface area contributed by atoms with E-state index in [-0.39, 0.29) is 35.8 Å². The van der Waals surface area contributed by atoms with Gasteiger partial charge >= 0.3 is 12.1 Å². The summed E-state index contributed by atoms with van der Waals surface area (Å²) in [6, 6.07) is 11.8. The normalized spacial score (nSPS) is 16.4. The molecule has 6 rings (SSSR count). The van der Waals surface area contributed by atoms with Crippen molar-refractivity contribution < 1.29 is 23.8 Å². The number of methoxy groups -OCH3 is 1. The lowest BCUT2D eigenvalue weighted by atomic mass is 10.0. The molecule has 5 aromatic rings. The smallest absolute Gasteiger partial charge is 0.410 e. The summed E-state index contributed by atoms with van der Waals surface area (Å²) in [5.41, 5.74) is 2.09.